The van der Waals surface area contributed by atoms with E-state index in [0.717, 1.165) is 72.4 Å². The van der Waals surface area contributed by atoms with Gasteiger partial charge >= 0.3 is 0 Å². The number of sulfone groups is 1. The van der Waals surface area contributed by atoms with Gasteiger partial charge in [0.25, 0.3) is 0 Å². The molecule has 5 rings (SSSR count). The van der Waals surface area contributed by atoms with Gasteiger partial charge in [-0.2, -0.15) is 0 Å². The minimum absolute atomic E-state index is 0.0260. The lowest BCUT2D eigenvalue weighted by Crippen LogP contribution is -2.58. The number of aliphatic hydroxyl groups is 1. The summed E-state index contributed by atoms with van der Waals surface area (Å²) in [5.74, 6) is 0.251. The number of unbranched alkanes of at least 4 members (excludes halogenated alkanes) is 2. The molecule has 2 heterocycles. The van der Waals surface area contributed by atoms with Gasteiger partial charge in [-0.05, 0) is 66.3 Å². The third kappa shape index (κ3) is 8.70. The molecule has 49 heavy (non-hydrogen) atoms. The number of nitrogens with one attached hydrogen (secondary N) is 1. The maximum absolute atomic E-state index is 14.1. The number of nitrogens with zero attached hydrogens (tertiary/aromatic N) is 2. The zero-order chi connectivity index (χ0) is 35.1. The van der Waals surface area contributed by atoms with Crippen LogP contribution < -0.4 is 15.0 Å². The Morgan fingerprint density at radius 2 is 1.51 bits per heavy atom. The van der Waals surface area contributed by atoms with Crippen LogP contribution in [-0.4, -0.2) is 76.7 Å². The first kappa shape index (κ1) is 37.3. The molecule has 8 heteroatoms. The van der Waals surface area contributed by atoms with Crippen LogP contribution in [0, 0.1) is 5.41 Å². The molecular formula is C41H60N3O4S+. The molecule has 0 aromatic heterocycles. The van der Waals surface area contributed by atoms with E-state index in [1.54, 1.807) is 6.07 Å². The zero-order valence-electron chi connectivity index (χ0n) is 30.6. The molecule has 7 nitrogen and oxygen atoms in total. The maximum atomic E-state index is 14.1. The van der Waals surface area contributed by atoms with Crippen molar-refractivity contribution >= 4 is 15.5 Å². The standard InChI is InChI=1S/C41H60N3O4S/c1-6-9-21-41(22-10-7-2)31-49(46,47)38-20-17-35(43(4)5)28-37(38)39(40(41)45)34-15-18-36(19-16-34)48-30-33-13-11-32(12-14-33)29-44(25-8-3)26-23-42-24-27-44/h11-20,28,39-40,42,45H,6-10,21-27,29-31H2,1-5H3/q+1/t39-,40-/m1/s1. The van der Waals surface area contributed by atoms with Crippen LogP contribution in [0.25, 0.3) is 0 Å². The van der Waals surface area contributed by atoms with E-state index in [0.29, 0.717) is 29.9 Å². The second-order valence-corrected chi connectivity index (χ2v) is 16.9. The summed E-state index contributed by atoms with van der Waals surface area (Å²) in [7, 11) is 0.284. The molecule has 0 unspecified atom stereocenters. The number of ether oxygens (including phenoxy) is 1. The third-order valence-electron chi connectivity index (χ3n) is 11.1. The van der Waals surface area contributed by atoms with Gasteiger partial charge in [-0.15, -0.1) is 0 Å². The Balaban J connectivity index is 1.39. The first-order valence-electron chi connectivity index (χ1n) is 18.6. The smallest absolute Gasteiger partial charge is 0.179 e. The normalized spacial score (nSPS) is 21.0. The van der Waals surface area contributed by atoms with E-state index in [1.165, 1.54) is 31.6 Å². The van der Waals surface area contributed by atoms with Gasteiger partial charge in [-0.3, -0.25) is 0 Å². The predicted octanol–water partition coefficient (Wildman–Crippen LogP) is 7.31. The number of hydrogen-bond acceptors (Lipinski definition) is 6. The summed E-state index contributed by atoms with van der Waals surface area (Å²) in [5.41, 5.74) is 4.29. The fraction of sp³-hybridized carbons (Fsp3) is 0.561. The number of anilines is 1. The van der Waals surface area contributed by atoms with E-state index in [9.17, 15) is 13.5 Å². The number of piperazine rings is 1. The zero-order valence-corrected chi connectivity index (χ0v) is 31.4. The fourth-order valence-electron chi connectivity index (χ4n) is 8.26. The van der Waals surface area contributed by atoms with E-state index in [-0.39, 0.29) is 5.75 Å². The summed E-state index contributed by atoms with van der Waals surface area (Å²) in [6, 6.07) is 22.5. The Morgan fingerprint density at radius 1 is 0.878 bits per heavy atom. The third-order valence-corrected chi connectivity index (χ3v) is 13.1. The van der Waals surface area contributed by atoms with Crippen LogP contribution in [0.1, 0.15) is 93.9 Å². The van der Waals surface area contributed by atoms with Crippen molar-refractivity contribution in [2.24, 2.45) is 5.41 Å². The van der Waals surface area contributed by atoms with Crippen molar-refractivity contribution in [3.05, 3.63) is 89.0 Å². The molecule has 0 radical (unpaired) electrons. The molecule has 3 aromatic carbocycles. The maximum Gasteiger partial charge on any atom is 0.179 e. The molecule has 2 N–H and O–H groups in total. The second-order valence-electron chi connectivity index (χ2n) is 15.0. The van der Waals surface area contributed by atoms with E-state index >= 15 is 0 Å². The van der Waals surface area contributed by atoms with Gasteiger partial charge in [-0.1, -0.05) is 82.9 Å². The van der Waals surface area contributed by atoms with Crippen molar-refractivity contribution in [3.63, 3.8) is 0 Å². The van der Waals surface area contributed by atoms with E-state index in [1.807, 2.05) is 55.4 Å². The van der Waals surface area contributed by atoms with Gasteiger partial charge in [0.05, 0.1) is 36.4 Å². The second kappa shape index (κ2) is 16.4. The van der Waals surface area contributed by atoms with E-state index < -0.39 is 27.3 Å². The first-order chi connectivity index (χ1) is 23.5. The molecule has 2 atom stereocenters. The average molecular weight is 691 g/mol. The van der Waals surface area contributed by atoms with Crippen molar-refractivity contribution in [2.75, 3.05) is 57.5 Å². The highest BCUT2D eigenvalue weighted by molar-refractivity contribution is 7.91. The van der Waals surface area contributed by atoms with Crippen LogP contribution >= 0.6 is 0 Å². The van der Waals surface area contributed by atoms with Gasteiger partial charge in [0.1, 0.15) is 18.9 Å². The highest BCUT2D eigenvalue weighted by Crippen LogP contribution is 2.50. The fourth-order valence-corrected chi connectivity index (χ4v) is 10.5. The summed E-state index contributed by atoms with van der Waals surface area (Å²) < 4.78 is 35.7. The Morgan fingerprint density at radius 3 is 2.10 bits per heavy atom. The highest BCUT2D eigenvalue weighted by atomic mass is 32.2. The Labute approximate surface area is 296 Å². The molecule has 0 aliphatic carbocycles. The summed E-state index contributed by atoms with van der Waals surface area (Å²) in [4.78, 5) is 2.34. The van der Waals surface area contributed by atoms with Crippen molar-refractivity contribution in [1.29, 1.82) is 0 Å². The lowest BCUT2D eigenvalue weighted by atomic mass is 9.68. The quantitative estimate of drug-likeness (QED) is 0.163. The van der Waals surface area contributed by atoms with Crippen LogP contribution in [0.2, 0.25) is 0 Å². The monoisotopic (exact) mass is 690 g/mol. The van der Waals surface area contributed by atoms with Gasteiger partial charge in [0.15, 0.2) is 9.84 Å². The Bertz CT molecular complexity index is 1590. The Hall–Kier alpha value is -2.91. The Kier molecular flexibility index (Phi) is 12.5. The van der Waals surface area contributed by atoms with Crippen molar-refractivity contribution in [2.45, 2.75) is 95.8 Å². The van der Waals surface area contributed by atoms with E-state index in [2.05, 4.69) is 50.4 Å². The predicted molar refractivity (Wildman–Crippen MR) is 201 cm³/mol. The summed E-state index contributed by atoms with van der Waals surface area (Å²) in [6.45, 7) is 13.8. The van der Waals surface area contributed by atoms with E-state index in [4.69, 9.17) is 4.74 Å². The van der Waals surface area contributed by atoms with Crippen molar-refractivity contribution < 1.29 is 22.7 Å². The molecule has 0 spiro atoms. The SMILES string of the molecule is CCCCC1(CCCC)CS(=O)(=O)c2ccc(N(C)C)cc2[C@@H](c2ccc(OCc3ccc(C[N+]4(CCC)CCNCC4)cc3)cc2)[C@H]1O. The number of hydrogen-bond donors (Lipinski definition) is 2. The highest BCUT2D eigenvalue weighted by Gasteiger charge is 2.49. The molecule has 2 aliphatic rings. The largest absolute Gasteiger partial charge is 0.489 e. The van der Waals surface area contributed by atoms with Gasteiger partial charge < -0.3 is 24.5 Å². The van der Waals surface area contributed by atoms with Crippen LogP contribution in [0.3, 0.4) is 0 Å². The van der Waals surface area contributed by atoms with Crippen molar-refractivity contribution in [3.8, 4) is 5.75 Å². The minimum atomic E-state index is -3.64. The molecule has 0 bridgehead atoms. The molecule has 2 aliphatic heterocycles. The number of quaternary nitrogens is 1. The van der Waals surface area contributed by atoms with Gasteiger partial charge in [0, 0.05) is 49.8 Å². The van der Waals surface area contributed by atoms with Crippen LogP contribution in [0.5, 0.6) is 5.75 Å². The number of benzene rings is 3. The topological polar surface area (TPSA) is 78.9 Å². The number of rotatable bonds is 15. The average Bonchev–Trinajstić information content (AvgIpc) is 3.16. The van der Waals surface area contributed by atoms with Crippen LogP contribution in [0.15, 0.2) is 71.6 Å². The summed E-state index contributed by atoms with van der Waals surface area (Å²) in [5, 5.41) is 16.0. The van der Waals surface area contributed by atoms with Gasteiger partial charge in [-0.25, -0.2) is 8.42 Å². The summed E-state index contributed by atoms with van der Waals surface area (Å²) >= 11 is 0. The molecule has 0 saturated carbocycles. The molecule has 3 aromatic rings. The van der Waals surface area contributed by atoms with Crippen LogP contribution in [-0.2, 0) is 23.0 Å². The number of aliphatic hydroxyl groups excluding tert-OH is 1. The molecule has 1 fully saturated rings. The molecular weight excluding hydrogens is 631 g/mol. The lowest BCUT2D eigenvalue weighted by Gasteiger charge is -2.41. The first-order valence-corrected chi connectivity index (χ1v) is 20.3. The minimum Gasteiger partial charge on any atom is -0.489 e. The van der Waals surface area contributed by atoms with Crippen molar-refractivity contribution in [1.82, 2.24) is 5.32 Å². The summed E-state index contributed by atoms with van der Waals surface area (Å²) in [6.07, 6.45) is 5.40. The number of fused-ring (bicyclic) bond motifs is 1. The molecule has 0 amide bonds. The molecule has 1 saturated heterocycles. The van der Waals surface area contributed by atoms with Gasteiger partial charge in [0.2, 0.25) is 0 Å². The lowest BCUT2D eigenvalue weighted by molar-refractivity contribution is -0.942. The van der Waals surface area contributed by atoms with Crippen LogP contribution in [0.4, 0.5) is 5.69 Å². The molecule has 268 valence electrons.